The average Bonchev–Trinajstić information content (AvgIpc) is 2.03. The van der Waals surface area contributed by atoms with Crippen molar-refractivity contribution >= 4 is 18.5 Å². The van der Waals surface area contributed by atoms with Crippen LogP contribution in [0.2, 0.25) is 0 Å². The number of aryl methyl sites for hydroxylation is 1. The van der Waals surface area contributed by atoms with E-state index in [0.717, 1.165) is 0 Å². The van der Waals surface area contributed by atoms with Crippen LogP contribution in [0.3, 0.4) is 0 Å². The second-order valence-electron chi connectivity index (χ2n) is 2.26. The fourth-order valence-corrected chi connectivity index (χ4v) is 0.944. The molecule has 1 N–H and O–H groups in total. The summed E-state index contributed by atoms with van der Waals surface area (Å²) in [5, 5.41) is 0. The fraction of sp³-hybridized carbons (Fsp3) is 0.125. The monoisotopic (exact) mass is 163 g/mol. The van der Waals surface area contributed by atoms with Crippen LogP contribution in [-0.4, -0.2) is 16.7 Å². The Labute approximate surface area is 69.7 Å². The molecule has 0 saturated carbocycles. The molecule has 1 aromatic heterocycles. The molecule has 1 heterocycles. The number of aromatic amines is 1. The van der Waals surface area contributed by atoms with Gasteiger partial charge in [0.05, 0.1) is 5.69 Å². The van der Waals surface area contributed by atoms with Crippen molar-refractivity contribution in [1.82, 2.24) is 9.97 Å². The molecular formula is C8H9N3O. The Hall–Kier alpha value is -1.71. The number of H-pyrrole nitrogens is 1. The Morgan fingerprint density at radius 3 is 2.83 bits per heavy atom. The normalized spacial score (nSPS) is 9.42. The highest BCUT2D eigenvalue weighted by Gasteiger charge is 2.03. The predicted octanol–water partition coefficient (Wildman–Crippen LogP) is 1.05. The number of hydrogen-bond acceptors (Lipinski definition) is 3. The molecule has 0 radical (unpaired) electrons. The Bertz CT molecular complexity index is 378. The highest BCUT2D eigenvalue weighted by Crippen LogP contribution is 2.18. The van der Waals surface area contributed by atoms with Crippen molar-refractivity contribution in [3.8, 4) is 0 Å². The lowest BCUT2D eigenvalue weighted by Gasteiger charge is -2.00. The summed E-state index contributed by atoms with van der Waals surface area (Å²) >= 11 is 0. The molecule has 0 aliphatic rings. The maximum atomic E-state index is 10.9. The van der Waals surface area contributed by atoms with Crippen molar-refractivity contribution in [2.24, 2.45) is 4.99 Å². The van der Waals surface area contributed by atoms with Gasteiger partial charge < -0.3 is 4.98 Å². The summed E-state index contributed by atoms with van der Waals surface area (Å²) in [4.78, 5) is 20.8. The van der Waals surface area contributed by atoms with Gasteiger partial charge in [0.2, 0.25) is 0 Å². The Morgan fingerprint density at radius 2 is 2.33 bits per heavy atom. The quantitative estimate of drug-likeness (QED) is 0.662. The number of nitrogens with zero attached hydrogens (tertiary/aromatic N) is 2. The van der Waals surface area contributed by atoms with Gasteiger partial charge in [-0.15, -0.1) is 0 Å². The van der Waals surface area contributed by atoms with Crippen molar-refractivity contribution in [1.29, 1.82) is 0 Å². The van der Waals surface area contributed by atoms with Gasteiger partial charge in [0.15, 0.2) is 0 Å². The van der Waals surface area contributed by atoms with E-state index in [4.69, 9.17) is 0 Å². The van der Waals surface area contributed by atoms with Gasteiger partial charge in [-0.25, -0.2) is 4.79 Å². The molecule has 1 aromatic rings. The van der Waals surface area contributed by atoms with Crippen LogP contribution in [-0.2, 0) is 0 Å². The summed E-state index contributed by atoms with van der Waals surface area (Å²) in [6.07, 6.45) is 1.48. The van der Waals surface area contributed by atoms with Gasteiger partial charge in [-0.2, -0.15) is 4.98 Å². The van der Waals surface area contributed by atoms with E-state index in [2.05, 4.69) is 28.3 Å². The van der Waals surface area contributed by atoms with E-state index in [-0.39, 0.29) is 0 Å². The minimum atomic E-state index is -0.394. The molecule has 0 fully saturated rings. The third-order valence-corrected chi connectivity index (χ3v) is 1.47. The van der Waals surface area contributed by atoms with E-state index in [1.807, 2.05) is 0 Å². The molecular weight excluding hydrogens is 154 g/mol. The fourth-order valence-electron chi connectivity index (χ4n) is 0.944. The first-order chi connectivity index (χ1) is 5.69. The van der Waals surface area contributed by atoms with Crippen LogP contribution in [0.4, 0.5) is 5.69 Å². The van der Waals surface area contributed by atoms with Gasteiger partial charge in [-0.1, -0.05) is 6.58 Å². The summed E-state index contributed by atoms with van der Waals surface area (Å²) in [6.45, 7) is 8.63. The van der Waals surface area contributed by atoms with E-state index in [0.29, 0.717) is 17.1 Å². The summed E-state index contributed by atoms with van der Waals surface area (Å²) in [5.41, 5.74) is 1.30. The number of nitrogens with one attached hydrogen (secondary N) is 1. The molecule has 1 rings (SSSR count). The van der Waals surface area contributed by atoms with Crippen molar-refractivity contribution in [2.45, 2.75) is 6.92 Å². The Kier molecular flexibility index (Phi) is 2.19. The van der Waals surface area contributed by atoms with E-state index in [9.17, 15) is 4.79 Å². The van der Waals surface area contributed by atoms with E-state index < -0.39 is 5.69 Å². The number of rotatable bonds is 2. The molecule has 0 saturated heterocycles. The van der Waals surface area contributed by atoms with Gasteiger partial charge in [0.25, 0.3) is 0 Å². The van der Waals surface area contributed by atoms with Gasteiger partial charge in [-0.3, -0.25) is 4.99 Å². The summed E-state index contributed by atoms with van der Waals surface area (Å²) in [7, 11) is 0. The molecule has 0 atom stereocenters. The first kappa shape index (κ1) is 8.39. The molecule has 62 valence electrons. The summed E-state index contributed by atoms with van der Waals surface area (Å²) in [5.74, 6) is 0. The topological polar surface area (TPSA) is 58.1 Å². The van der Waals surface area contributed by atoms with Crippen molar-refractivity contribution in [3.05, 3.63) is 28.5 Å². The lowest BCUT2D eigenvalue weighted by atomic mass is 10.3. The van der Waals surface area contributed by atoms with Gasteiger partial charge >= 0.3 is 5.69 Å². The molecule has 4 heteroatoms. The van der Waals surface area contributed by atoms with E-state index in [1.165, 1.54) is 6.08 Å². The molecule has 0 amide bonds. The standard InChI is InChI=1S/C8H9N3O/c1-4-6-7(9-3)5(2)10-8(12)11-6/h4H,1,3H2,2H3,(H,10,11,12). The van der Waals surface area contributed by atoms with Gasteiger partial charge in [0.1, 0.15) is 5.69 Å². The Balaban J connectivity index is 3.53. The number of aromatic nitrogens is 2. The molecule has 0 bridgehead atoms. The molecule has 0 spiro atoms. The van der Waals surface area contributed by atoms with Crippen molar-refractivity contribution < 1.29 is 0 Å². The molecule has 0 aliphatic heterocycles. The zero-order valence-corrected chi connectivity index (χ0v) is 6.79. The van der Waals surface area contributed by atoms with Crippen LogP contribution in [0.5, 0.6) is 0 Å². The molecule has 0 aromatic carbocycles. The minimum absolute atomic E-state index is 0.394. The molecule has 0 unspecified atom stereocenters. The highest BCUT2D eigenvalue weighted by atomic mass is 16.1. The van der Waals surface area contributed by atoms with Crippen molar-refractivity contribution in [3.63, 3.8) is 0 Å². The lowest BCUT2D eigenvalue weighted by molar-refractivity contribution is 1.01. The van der Waals surface area contributed by atoms with Crippen LogP contribution in [0.15, 0.2) is 16.4 Å². The van der Waals surface area contributed by atoms with Gasteiger partial charge in [0, 0.05) is 5.69 Å². The third kappa shape index (κ3) is 1.32. The largest absolute Gasteiger partial charge is 0.345 e. The van der Waals surface area contributed by atoms with E-state index in [1.54, 1.807) is 6.92 Å². The highest BCUT2D eigenvalue weighted by molar-refractivity contribution is 5.62. The minimum Gasteiger partial charge on any atom is -0.308 e. The van der Waals surface area contributed by atoms with Crippen molar-refractivity contribution in [2.75, 3.05) is 0 Å². The average molecular weight is 163 g/mol. The number of aliphatic imine (C=N–C) groups is 1. The predicted molar refractivity (Wildman–Crippen MR) is 48.9 cm³/mol. The first-order valence-corrected chi connectivity index (χ1v) is 3.39. The van der Waals surface area contributed by atoms with Gasteiger partial charge in [-0.05, 0) is 19.7 Å². The maximum absolute atomic E-state index is 10.9. The summed E-state index contributed by atoms with van der Waals surface area (Å²) in [6, 6.07) is 0. The van der Waals surface area contributed by atoms with Crippen LogP contribution in [0.1, 0.15) is 11.4 Å². The van der Waals surface area contributed by atoms with E-state index >= 15 is 0 Å². The Morgan fingerprint density at radius 1 is 1.67 bits per heavy atom. The maximum Gasteiger partial charge on any atom is 0.345 e. The first-order valence-electron chi connectivity index (χ1n) is 3.39. The molecule has 12 heavy (non-hydrogen) atoms. The lowest BCUT2D eigenvalue weighted by Crippen LogP contribution is -2.12. The van der Waals surface area contributed by atoms with Crippen LogP contribution < -0.4 is 5.69 Å². The van der Waals surface area contributed by atoms with Crippen LogP contribution >= 0.6 is 0 Å². The van der Waals surface area contributed by atoms with Crippen LogP contribution in [0.25, 0.3) is 6.08 Å². The zero-order valence-electron chi connectivity index (χ0n) is 6.79. The second-order valence-corrected chi connectivity index (χ2v) is 2.26. The second kappa shape index (κ2) is 3.13. The molecule has 4 nitrogen and oxygen atoms in total. The SMILES string of the molecule is C=Cc1nc(=O)[nH]c(C)c1N=C. The summed E-state index contributed by atoms with van der Waals surface area (Å²) < 4.78 is 0. The third-order valence-electron chi connectivity index (χ3n) is 1.47. The number of hydrogen-bond donors (Lipinski definition) is 1. The zero-order chi connectivity index (χ0) is 9.14. The molecule has 0 aliphatic carbocycles. The van der Waals surface area contributed by atoms with Crippen LogP contribution in [0, 0.1) is 6.92 Å². The smallest absolute Gasteiger partial charge is 0.308 e.